The molecule has 108 valence electrons. The van der Waals surface area contributed by atoms with Crippen LogP contribution in [-0.2, 0) is 14.3 Å². The third-order valence-corrected chi connectivity index (χ3v) is 2.35. The van der Waals surface area contributed by atoms with Crippen LogP contribution in [0.15, 0.2) is 12.7 Å². The Hall–Kier alpha value is -1.58. The Labute approximate surface area is 102 Å². The van der Waals surface area contributed by atoms with Crippen LogP contribution in [0.3, 0.4) is 0 Å². The molecule has 1 aliphatic heterocycles. The molecule has 0 saturated carbocycles. The minimum absolute atomic E-state index is 0.677. The zero-order chi connectivity index (χ0) is 15.1. The number of hydrogen-bond donors (Lipinski definition) is 1. The monoisotopic (exact) mass is 291 g/mol. The summed E-state index contributed by atoms with van der Waals surface area (Å²) in [6, 6.07) is -2.03. The smallest absolute Gasteiger partial charge is 0.424 e. The maximum Gasteiger partial charge on any atom is 0.452 e. The van der Waals surface area contributed by atoms with Crippen LogP contribution < -0.4 is 5.32 Å². The molecule has 1 N–H and O–H groups in total. The molecule has 0 aromatic rings. The Balaban J connectivity index is 3.10. The van der Waals surface area contributed by atoms with E-state index in [1.807, 2.05) is 0 Å². The Morgan fingerprint density at radius 2 is 1.79 bits per heavy atom. The molecule has 4 nitrogen and oxygen atoms in total. The van der Waals surface area contributed by atoms with Crippen LogP contribution in [0.1, 0.15) is 6.42 Å². The highest BCUT2D eigenvalue weighted by molar-refractivity contribution is 5.94. The predicted octanol–water partition coefficient (Wildman–Crippen LogP) is 1.47. The highest BCUT2D eigenvalue weighted by Gasteiger charge is 2.78. The molecule has 0 radical (unpaired) electrons. The summed E-state index contributed by atoms with van der Waals surface area (Å²) in [6.45, 7) is 2.99. The molecule has 0 aliphatic carbocycles. The Morgan fingerprint density at radius 1 is 1.32 bits per heavy atom. The van der Waals surface area contributed by atoms with Gasteiger partial charge in [-0.3, -0.25) is 14.9 Å². The first-order chi connectivity index (χ1) is 8.44. The van der Waals surface area contributed by atoms with E-state index in [4.69, 9.17) is 0 Å². The molecule has 1 atom stereocenters. The zero-order valence-electron chi connectivity index (χ0n) is 9.06. The van der Waals surface area contributed by atoms with Crippen LogP contribution in [0, 0.1) is 0 Å². The van der Waals surface area contributed by atoms with E-state index >= 15 is 0 Å². The first kappa shape index (κ1) is 15.5. The van der Waals surface area contributed by atoms with E-state index in [2.05, 4.69) is 11.3 Å². The Morgan fingerprint density at radius 3 is 2.11 bits per heavy atom. The van der Waals surface area contributed by atoms with Crippen LogP contribution in [0.2, 0.25) is 0 Å². The maximum absolute atomic E-state index is 12.5. The minimum Gasteiger partial charge on any atom is -0.424 e. The van der Waals surface area contributed by atoms with Gasteiger partial charge in [0.05, 0.1) is 0 Å². The number of esters is 1. The fourth-order valence-electron chi connectivity index (χ4n) is 1.41. The van der Waals surface area contributed by atoms with Crippen molar-refractivity contribution in [3.05, 3.63) is 12.7 Å². The molecular formula is C9H7F6NO3. The van der Waals surface area contributed by atoms with E-state index in [9.17, 15) is 35.9 Å². The molecule has 0 aromatic heterocycles. The number of alkyl halides is 6. The number of ether oxygens (including phenoxy) is 1. The number of halogens is 6. The third kappa shape index (κ3) is 2.57. The highest BCUT2D eigenvalue weighted by atomic mass is 19.4. The minimum atomic E-state index is -5.91. The number of carbonyl (C=O) groups is 2. The summed E-state index contributed by atoms with van der Waals surface area (Å²) in [6.07, 6.45) is -12.0. The number of cyclic esters (lactones) is 1. The summed E-state index contributed by atoms with van der Waals surface area (Å²) >= 11 is 0. The molecule has 0 spiro atoms. The molecule has 0 unspecified atom stereocenters. The standard InChI is InChI=1S/C9H7F6NO3/c1-2-4(17)3-5-6(18)19-7(16-5,8(10,11)12)9(13,14)15/h2,5,16H,1,3H2/t5-/m0/s1. The van der Waals surface area contributed by atoms with Crippen molar-refractivity contribution in [2.45, 2.75) is 30.5 Å². The molecule has 1 aliphatic rings. The number of hydrogen-bond acceptors (Lipinski definition) is 4. The molecule has 0 aromatic carbocycles. The van der Waals surface area contributed by atoms with Gasteiger partial charge in [0.1, 0.15) is 6.04 Å². The van der Waals surface area contributed by atoms with E-state index < -0.39 is 42.3 Å². The quantitative estimate of drug-likeness (QED) is 0.486. The van der Waals surface area contributed by atoms with E-state index in [0.717, 1.165) is 5.32 Å². The average Bonchev–Trinajstić information content (AvgIpc) is 2.56. The molecule has 0 bridgehead atoms. The Bertz CT molecular complexity index is 399. The molecular weight excluding hydrogens is 284 g/mol. The van der Waals surface area contributed by atoms with E-state index in [0.29, 0.717) is 6.08 Å². The van der Waals surface area contributed by atoms with Crippen LogP contribution in [0.4, 0.5) is 26.3 Å². The summed E-state index contributed by atoms with van der Waals surface area (Å²) in [4.78, 5) is 22.0. The van der Waals surface area contributed by atoms with Gasteiger partial charge < -0.3 is 4.74 Å². The fraction of sp³-hybridized carbons (Fsp3) is 0.556. The van der Waals surface area contributed by atoms with Crippen molar-refractivity contribution < 1.29 is 40.7 Å². The first-order valence-electron chi connectivity index (χ1n) is 4.74. The lowest BCUT2D eigenvalue weighted by Gasteiger charge is -2.31. The summed E-state index contributed by atoms with van der Waals surface area (Å²) in [5, 5.41) is 1.01. The van der Waals surface area contributed by atoms with Crippen molar-refractivity contribution in [2.24, 2.45) is 0 Å². The van der Waals surface area contributed by atoms with Crippen LogP contribution in [0.25, 0.3) is 0 Å². The van der Waals surface area contributed by atoms with Gasteiger partial charge in [0, 0.05) is 6.42 Å². The Kier molecular flexibility index (Phi) is 3.67. The van der Waals surface area contributed by atoms with Crippen LogP contribution in [-0.4, -0.2) is 35.9 Å². The third-order valence-electron chi connectivity index (χ3n) is 2.35. The molecule has 1 saturated heterocycles. The summed E-state index contributed by atoms with van der Waals surface area (Å²) < 4.78 is 78.5. The van der Waals surface area contributed by atoms with Crippen molar-refractivity contribution in [2.75, 3.05) is 0 Å². The van der Waals surface area contributed by atoms with Gasteiger partial charge in [-0.2, -0.15) is 26.3 Å². The lowest BCUT2D eigenvalue weighted by molar-refractivity contribution is -0.369. The van der Waals surface area contributed by atoms with Crippen LogP contribution >= 0.6 is 0 Å². The van der Waals surface area contributed by atoms with Gasteiger partial charge in [-0.1, -0.05) is 6.58 Å². The van der Waals surface area contributed by atoms with Crippen molar-refractivity contribution in [1.82, 2.24) is 5.32 Å². The van der Waals surface area contributed by atoms with Gasteiger partial charge in [0.2, 0.25) is 0 Å². The van der Waals surface area contributed by atoms with Gasteiger partial charge in [-0.15, -0.1) is 0 Å². The van der Waals surface area contributed by atoms with Gasteiger partial charge >= 0.3 is 24.0 Å². The molecule has 0 amide bonds. The van der Waals surface area contributed by atoms with Crippen molar-refractivity contribution in [3.63, 3.8) is 0 Å². The van der Waals surface area contributed by atoms with Gasteiger partial charge in [-0.05, 0) is 6.08 Å². The second kappa shape index (κ2) is 4.51. The molecule has 10 heteroatoms. The molecule has 1 heterocycles. The first-order valence-corrected chi connectivity index (χ1v) is 4.74. The van der Waals surface area contributed by atoms with E-state index in [1.165, 1.54) is 0 Å². The van der Waals surface area contributed by atoms with E-state index in [-0.39, 0.29) is 0 Å². The predicted molar refractivity (Wildman–Crippen MR) is 47.7 cm³/mol. The number of nitrogens with one attached hydrogen (secondary N) is 1. The zero-order valence-corrected chi connectivity index (χ0v) is 9.06. The van der Waals surface area contributed by atoms with Crippen LogP contribution in [0.5, 0.6) is 0 Å². The number of ketones is 1. The van der Waals surface area contributed by atoms with Gasteiger partial charge in [0.25, 0.3) is 0 Å². The number of allylic oxidation sites excluding steroid dienone is 1. The van der Waals surface area contributed by atoms with E-state index in [1.54, 1.807) is 0 Å². The summed E-state index contributed by atoms with van der Waals surface area (Å²) in [5.41, 5.74) is -4.79. The fourth-order valence-corrected chi connectivity index (χ4v) is 1.41. The van der Waals surface area contributed by atoms with Crippen molar-refractivity contribution in [1.29, 1.82) is 0 Å². The number of carbonyl (C=O) groups excluding carboxylic acids is 2. The second-order valence-corrected chi connectivity index (χ2v) is 3.67. The highest BCUT2D eigenvalue weighted by Crippen LogP contribution is 2.46. The van der Waals surface area contributed by atoms with Crippen molar-refractivity contribution >= 4 is 11.8 Å². The maximum atomic E-state index is 12.5. The van der Waals surface area contributed by atoms with Crippen molar-refractivity contribution in [3.8, 4) is 0 Å². The number of rotatable bonds is 3. The lowest BCUT2D eigenvalue weighted by Crippen LogP contribution is -2.65. The lowest BCUT2D eigenvalue weighted by atomic mass is 10.1. The normalized spacial score (nSPS) is 23.1. The average molecular weight is 291 g/mol. The molecule has 1 fully saturated rings. The molecule has 1 rings (SSSR count). The van der Waals surface area contributed by atoms with Gasteiger partial charge in [0.15, 0.2) is 5.78 Å². The summed E-state index contributed by atoms with van der Waals surface area (Å²) in [7, 11) is 0. The summed E-state index contributed by atoms with van der Waals surface area (Å²) in [5.74, 6) is -2.69. The second-order valence-electron chi connectivity index (χ2n) is 3.67. The molecule has 19 heavy (non-hydrogen) atoms. The topological polar surface area (TPSA) is 55.4 Å². The van der Waals surface area contributed by atoms with Gasteiger partial charge in [-0.25, -0.2) is 0 Å². The SMILES string of the molecule is C=CC(=O)C[C@@H]1NC(C(F)(F)F)(C(F)(F)F)OC1=O. The largest absolute Gasteiger partial charge is 0.452 e.